The van der Waals surface area contributed by atoms with E-state index < -0.39 is 0 Å². The summed E-state index contributed by atoms with van der Waals surface area (Å²) >= 11 is 0. The van der Waals surface area contributed by atoms with E-state index in [0.717, 1.165) is 17.1 Å². The number of rotatable bonds is 6. The van der Waals surface area contributed by atoms with Crippen LogP contribution >= 0.6 is 0 Å². The number of hydrogen-bond acceptors (Lipinski definition) is 4. The molecule has 0 unspecified atom stereocenters. The van der Waals surface area contributed by atoms with Crippen LogP contribution in [0, 0.1) is 6.92 Å². The van der Waals surface area contributed by atoms with E-state index in [1.54, 1.807) is 0 Å². The highest BCUT2D eigenvalue weighted by atomic mass is 15.1. The Morgan fingerprint density at radius 3 is 2.32 bits per heavy atom. The van der Waals surface area contributed by atoms with Crippen molar-refractivity contribution in [3.8, 4) is 11.3 Å². The van der Waals surface area contributed by atoms with Crippen molar-refractivity contribution in [2.45, 2.75) is 33.4 Å². The fourth-order valence-corrected chi connectivity index (χ4v) is 2.54. The first-order valence-corrected chi connectivity index (χ1v) is 8.60. The topological polar surface area (TPSA) is 49.8 Å². The maximum atomic E-state index is 4.68. The molecule has 3 rings (SSSR count). The molecule has 2 N–H and O–H groups in total. The molecule has 1 aromatic heterocycles. The summed E-state index contributed by atoms with van der Waals surface area (Å²) in [6.07, 6.45) is 0. The molecule has 0 atom stereocenters. The predicted octanol–water partition coefficient (Wildman–Crippen LogP) is 4.88. The summed E-state index contributed by atoms with van der Waals surface area (Å²) < 4.78 is 0. The minimum absolute atomic E-state index is 0.309. The fourth-order valence-electron chi connectivity index (χ4n) is 2.54. The molecule has 3 aromatic rings. The van der Waals surface area contributed by atoms with Gasteiger partial charge in [-0.05, 0) is 26.3 Å². The number of nitrogens with zero attached hydrogens (tertiary/aromatic N) is 2. The van der Waals surface area contributed by atoms with Crippen LogP contribution in [0.1, 0.15) is 25.0 Å². The average molecular weight is 332 g/mol. The first kappa shape index (κ1) is 17.0. The molecule has 4 nitrogen and oxygen atoms in total. The third kappa shape index (κ3) is 4.80. The summed E-state index contributed by atoms with van der Waals surface area (Å²) in [6, 6.07) is 20.9. The molecule has 1 heterocycles. The highest BCUT2D eigenvalue weighted by molar-refractivity contribution is 5.64. The van der Waals surface area contributed by atoms with Gasteiger partial charge in [-0.15, -0.1) is 0 Å². The average Bonchev–Trinajstić information content (AvgIpc) is 2.61. The highest BCUT2D eigenvalue weighted by Crippen LogP contribution is 2.22. The molecule has 0 amide bonds. The van der Waals surface area contributed by atoms with Crippen molar-refractivity contribution >= 4 is 11.8 Å². The molecule has 128 valence electrons. The summed E-state index contributed by atoms with van der Waals surface area (Å²) in [5.41, 5.74) is 4.45. The van der Waals surface area contributed by atoms with Crippen LogP contribution in [0.5, 0.6) is 0 Å². The second-order valence-corrected chi connectivity index (χ2v) is 6.47. The summed E-state index contributed by atoms with van der Waals surface area (Å²) in [5, 5.41) is 6.71. The summed E-state index contributed by atoms with van der Waals surface area (Å²) in [7, 11) is 0. The van der Waals surface area contributed by atoms with Gasteiger partial charge in [0.15, 0.2) is 0 Å². The van der Waals surface area contributed by atoms with Gasteiger partial charge in [0.05, 0.1) is 5.69 Å². The highest BCUT2D eigenvalue weighted by Gasteiger charge is 2.07. The van der Waals surface area contributed by atoms with Gasteiger partial charge in [-0.2, -0.15) is 4.98 Å². The van der Waals surface area contributed by atoms with Gasteiger partial charge in [-0.3, -0.25) is 0 Å². The van der Waals surface area contributed by atoms with Crippen molar-refractivity contribution < 1.29 is 0 Å². The van der Waals surface area contributed by atoms with Gasteiger partial charge in [0.1, 0.15) is 5.82 Å². The maximum absolute atomic E-state index is 4.68. The number of nitrogens with one attached hydrogen (secondary N) is 2. The first-order chi connectivity index (χ1) is 12.1. The molecule has 0 fully saturated rings. The number of aromatic nitrogens is 2. The molecule has 0 aliphatic carbocycles. The number of benzene rings is 2. The molecule has 2 aromatic carbocycles. The number of anilines is 2. The van der Waals surface area contributed by atoms with E-state index in [2.05, 4.69) is 77.8 Å². The Morgan fingerprint density at radius 1 is 0.920 bits per heavy atom. The lowest BCUT2D eigenvalue weighted by molar-refractivity contribution is 0.886. The minimum Gasteiger partial charge on any atom is -0.368 e. The van der Waals surface area contributed by atoms with Crippen molar-refractivity contribution in [2.75, 3.05) is 10.6 Å². The van der Waals surface area contributed by atoms with Crippen LogP contribution in [0.4, 0.5) is 11.8 Å². The van der Waals surface area contributed by atoms with Crippen LogP contribution in [0.15, 0.2) is 60.7 Å². The molecule has 0 spiro atoms. The van der Waals surface area contributed by atoms with Crippen LogP contribution in [-0.2, 0) is 6.54 Å². The normalized spacial score (nSPS) is 10.7. The smallest absolute Gasteiger partial charge is 0.225 e. The van der Waals surface area contributed by atoms with E-state index in [1.165, 1.54) is 11.1 Å². The molecule has 0 aliphatic rings. The van der Waals surface area contributed by atoms with Gasteiger partial charge in [0, 0.05) is 24.2 Å². The van der Waals surface area contributed by atoms with E-state index in [1.807, 2.05) is 24.3 Å². The summed E-state index contributed by atoms with van der Waals surface area (Å²) in [5.74, 6) is 1.46. The molecular formula is C21H24N4. The Balaban J connectivity index is 1.85. The van der Waals surface area contributed by atoms with Crippen molar-refractivity contribution in [3.63, 3.8) is 0 Å². The molecule has 0 saturated carbocycles. The molecule has 0 radical (unpaired) electrons. The van der Waals surface area contributed by atoms with E-state index in [0.29, 0.717) is 18.5 Å². The van der Waals surface area contributed by atoms with Crippen molar-refractivity contribution in [3.05, 3.63) is 71.8 Å². The lowest BCUT2D eigenvalue weighted by atomic mass is 10.1. The maximum Gasteiger partial charge on any atom is 0.225 e. The first-order valence-electron chi connectivity index (χ1n) is 8.60. The second-order valence-electron chi connectivity index (χ2n) is 6.47. The van der Waals surface area contributed by atoms with Crippen LogP contribution < -0.4 is 10.6 Å². The Bertz CT molecular complexity index is 811. The molecule has 0 bridgehead atoms. The Morgan fingerprint density at radius 2 is 1.64 bits per heavy atom. The van der Waals surface area contributed by atoms with Gasteiger partial charge < -0.3 is 10.6 Å². The molecule has 4 heteroatoms. The molecule has 25 heavy (non-hydrogen) atoms. The lowest BCUT2D eigenvalue weighted by Gasteiger charge is -2.13. The Kier molecular flexibility index (Phi) is 5.29. The predicted molar refractivity (Wildman–Crippen MR) is 105 cm³/mol. The van der Waals surface area contributed by atoms with Gasteiger partial charge >= 0.3 is 0 Å². The Hall–Kier alpha value is -2.88. The van der Waals surface area contributed by atoms with Crippen LogP contribution in [0.25, 0.3) is 11.3 Å². The standard InChI is InChI=1S/C21H24N4/c1-15(2)23-20-13-19(18-7-5-4-6-8-18)24-21(25-20)22-14-17-11-9-16(3)10-12-17/h4-13,15H,14H2,1-3H3,(H2,22,23,24,25). The monoisotopic (exact) mass is 332 g/mol. The zero-order chi connectivity index (χ0) is 17.6. The number of aryl methyl sites for hydroxylation is 1. The van der Waals surface area contributed by atoms with Gasteiger partial charge in [-0.1, -0.05) is 60.2 Å². The fraction of sp³-hybridized carbons (Fsp3) is 0.238. The second kappa shape index (κ2) is 7.79. The summed E-state index contributed by atoms with van der Waals surface area (Å²) in [6.45, 7) is 6.99. The van der Waals surface area contributed by atoms with E-state index in [4.69, 9.17) is 0 Å². The van der Waals surface area contributed by atoms with E-state index >= 15 is 0 Å². The third-order valence-electron chi connectivity index (χ3n) is 3.80. The molecular weight excluding hydrogens is 308 g/mol. The van der Waals surface area contributed by atoms with E-state index in [9.17, 15) is 0 Å². The van der Waals surface area contributed by atoms with Gasteiger partial charge in [-0.25, -0.2) is 4.98 Å². The Labute approximate surface area is 149 Å². The minimum atomic E-state index is 0.309. The molecule has 0 aliphatic heterocycles. The SMILES string of the molecule is Cc1ccc(CNc2nc(NC(C)C)cc(-c3ccccc3)n2)cc1. The van der Waals surface area contributed by atoms with Gasteiger partial charge in [0.25, 0.3) is 0 Å². The van der Waals surface area contributed by atoms with Crippen LogP contribution in [0.3, 0.4) is 0 Å². The van der Waals surface area contributed by atoms with Crippen LogP contribution in [0.2, 0.25) is 0 Å². The lowest BCUT2D eigenvalue weighted by Crippen LogP contribution is -2.13. The summed E-state index contributed by atoms with van der Waals surface area (Å²) in [4.78, 5) is 9.28. The largest absolute Gasteiger partial charge is 0.368 e. The zero-order valence-corrected chi connectivity index (χ0v) is 15.0. The van der Waals surface area contributed by atoms with Crippen molar-refractivity contribution in [1.82, 2.24) is 9.97 Å². The van der Waals surface area contributed by atoms with Crippen molar-refractivity contribution in [1.29, 1.82) is 0 Å². The molecule has 0 saturated heterocycles. The van der Waals surface area contributed by atoms with E-state index in [-0.39, 0.29) is 0 Å². The zero-order valence-electron chi connectivity index (χ0n) is 15.0. The van der Waals surface area contributed by atoms with Crippen LogP contribution in [-0.4, -0.2) is 16.0 Å². The quantitative estimate of drug-likeness (QED) is 0.675. The van der Waals surface area contributed by atoms with Crippen molar-refractivity contribution in [2.24, 2.45) is 0 Å². The number of hydrogen-bond donors (Lipinski definition) is 2. The third-order valence-corrected chi connectivity index (χ3v) is 3.80. The van der Waals surface area contributed by atoms with Gasteiger partial charge in [0.2, 0.25) is 5.95 Å².